The first-order valence-corrected chi connectivity index (χ1v) is 6.81. The summed E-state index contributed by atoms with van der Waals surface area (Å²) < 4.78 is 13.4. The molecule has 20 heavy (non-hydrogen) atoms. The van der Waals surface area contributed by atoms with Gasteiger partial charge in [-0.1, -0.05) is 12.1 Å². The Morgan fingerprint density at radius 3 is 2.70 bits per heavy atom. The second-order valence-electron chi connectivity index (χ2n) is 4.54. The van der Waals surface area contributed by atoms with Crippen LogP contribution in [0.1, 0.15) is 15.9 Å². The molecular formula is C15H14BrFN2O. The molecule has 0 aliphatic rings. The molecule has 0 heterocycles. The minimum absolute atomic E-state index is 0.173. The SMILES string of the molecule is CN(Cc1cccc(N)c1)C(=O)c1ccc(F)c(Br)c1. The van der Waals surface area contributed by atoms with E-state index >= 15 is 0 Å². The van der Waals surface area contributed by atoms with E-state index in [9.17, 15) is 9.18 Å². The molecule has 104 valence electrons. The van der Waals surface area contributed by atoms with Gasteiger partial charge < -0.3 is 10.6 Å². The van der Waals surface area contributed by atoms with Crippen molar-refractivity contribution >= 4 is 27.5 Å². The van der Waals surface area contributed by atoms with Crippen molar-refractivity contribution in [2.75, 3.05) is 12.8 Å². The summed E-state index contributed by atoms with van der Waals surface area (Å²) in [5.74, 6) is -0.562. The predicted molar refractivity (Wildman–Crippen MR) is 80.8 cm³/mol. The Morgan fingerprint density at radius 1 is 1.30 bits per heavy atom. The Hall–Kier alpha value is -1.88. The van der Waals surface area contributed by atoms with Gasteiger partial charge in [0.2, 0.25) is 0 Å². The summed E-state index contributed by atoms with van der Waals surface area (Å²) in [6.07, 6.45) is 0. The number of rotatable bonds is 3. The Morgan fingerprint density at radius 2 is 2.05 bits per heavy atom. The van der Waals surface area contributed by atoms with Gasteiger partial charge in [0.15, 0.2) is 0 Å². The van der Waals surface area contributed by atoms with Gasteiger partial charge in [-0.2, -0.15) is 0 Å². The summed E-state index contributed by atoms with van der Waals surface area (Å²) >= 11 is 3.08. The lowest BCUT2D eigenvalue weighted by Gasteiger charge is -2.17. The number of hydrogen-bond acceptors (Lipinski definition) is 2. The number of carbonyl (C=O) groups excluding carboxylic acids is 1. The highest BCUT2D eigenvalue weighted by Crippen LogP contribution is 2.18. The fraction of sp³-hybridized carbons (Fsp3) is 0.133. The lowest BCUT2D eigenvalue weighted by molar-refractivity contribution is 0.0785. The normalized spacial score (nSPS) is 10.3. The second kappa shape index (κ2) is 6.05. The van der Waals surface area contributed by atoms with Crippen molar-refractivity contribution in [2.45, 2.75) is 6.54 Å². The summed E-state index contributed by atoms with van der Waals surface area (Å²) in [6.45, 7) is 0.443. The molecule has 0 bridgehead atoms. The van der Waals surface area contributed by atoms with Crippen LogP contribution >= 0.6 is 15.9 Å². The van der Waals surface area contributed by atoms with Crippen LogP contribution in [-0.2, 0) is 6.54 Å². The average Bonchev–Trinajstić information content (AvgIpc) is 2.41. The van der Waals surface area contributed by atoms with Crippen molar-refractivity contribution in [1.29, 1.82) is 0 Å². The van der Waals surface area contributed by atoms with E-state index in [0.29, 0.717) is 17.8 Å². The number of benzene rings is 2. The van der Waals surface area contributed by atoms with Gasteiger partial charge in [0.1, 0.15) is 5.82 Å². The third-order valence-corrected chi connectivity index (χ3v) is 3.49. The number of anilines is 1. The van der Waals surface area contributed by atoms with E-state index in [4.69, 9.17) is 5.73 Å². The first kappa shape index (κ1) is 14.5. The molecule has 2 aromatic carbocycles. The molecular weight excluding hydrogens is 323 g/mol. The van der Waals surface area contributed by atoms with Crippen LogP contribution in [0.15, 0.2) is 46.9 Å². The second-order valence-corrected chi connectivity index (χ2v) is 5.39. The zero-order chi connectivity index (χ0) is 14.7. The van der Waals surface area contributed by atoms with Gasteiger partial charge >= 0.3 is 0 Å². The Kier molecular flexibility index (Phi) is 4.39. The molecule has 2 N–H and O–H groups in total. The van der Waals surface area contributed by atoms with Gasteiger partial charge in [0.05, 0.1) is 4.47 Å². The molecule has 2 rings (SSSR count). The van der Waals surface area contributed by atoms with E-state index in [-0.39, 0.29) is 16.2 Å². The van der Waals surface area contributed by atoms with Gasteiger partial charge in [-0.15, -0.1) is 0 Å². The van der Waals surface area contributed by atoms with Crippen LogP contribution in [0.3, 0.4) is 0 Å². The Balaban J connectivity index is 2.14. The van der Waals surface area contributed by atoms with Crippen molar-refractivity contribution in [3.05, 3.63) is 63.9 Å². The van der Waals surface area contributed by atoms with Crippen LogP contribution in [0.4, 0.5) is 10.1 Å². The van der Waals surface area contributed by atoms with Crippen LogP contribution in [0.5, 0.6) is 0 Å². The Bertz CT molecular complexity index is 646. The maximum absolute atomic E-state index is 13.2. The molecule has 3 nitrogen and oxygen atoms in total. The van der Waals surface area contributed by atoms with E-state index in [1.165, 1.54) is 18.2 Å². The lowest BCUT2D eigenvalue weighted by Crippen LogP contribution is -2.26. The van der Waals surface area contributed by atoms with E-state index in [1.807, 2.05) is 18.2 Å². The van der Waals surface area contributed by atoms with E-state index in [2.05, 4.69) is 15.9 Å². The summed E-state index contributed by atoms with van der Waals surface area (Å²) in [5, 5.41) is 0. The number of halogens is 2. The monoisotopic (exact) mass is 336 g/mol. The van der Waals surface area contributed by atoms with Crippen LogP contribution in [-0.4, -0.2) is 17.9 Å². The van der Waals surface area contributed by atoms with E-state index < -0.39 is 0 Å². The molecule has 0 aromatic heterocycles. The first-order valence-electron chi connectivity index (χ1n) is 6.02. The van der Waals surface area contributed by atoms with Crippen molar-refractivity contribution in [3.8, 4) is 0 Å². The molecule has 0 atom stereocenters. The van der Waals surface area contributed by atoms with E-state index in [1.54, 1.807) is 18.0 Å². The summed E-state index contributed by atoms with van der Waals surface area (Å²) in [5.41, 5.74) is 7.75. The molecule has 5 heteroatoms. The number of hydrogen-bond donors (Lipinski definition) is 1. The van der Waals surface area contributed by atoms with Crippen molar-refractivity contribution in [2.24, 2.45) is 0 Å². The standard InChI is InChI=1S/C15H14BrFN2O/c1-19(9-10-3-2-4-12(18)7-10)15(20)11-5-6-14(17)13(16)8-11/h2-8H,9,18H2,1H3. The molecule has 0 fully saturated rings. The third-order valence-electron chi connectivity index (χ3n) is 2.88. The molecule has 0 radical (unpaired) electrons. The number of nitrogens with two attached hydrogens (primary N) is 1. The molecule has 1 amide bonds. The zero-order valence-electron chi connectivity index (χ0n) is 10.9. The molecule has 0 unspecified atom stereocenters. The number of carbonyl (C=O) groups is 1. The molecule has 0 spiro atoms. The minimum Gasteiger partial charge on any atom is -0.399 e. The summed E-state index contributed by atoms with van der Waals surface area (Å²) in [4.78, 5) is 13.8. The largest absolute Gasteiger partial charge is 0.399 e. The smallest absolute Gasteiger partial charge is 0.253 e. The fourth-order valence-electron chi connectivity index (χ4n) is 1.89. The molecule has 0 saturated heterocycles. The van der Waals surface area contributed by atoms with Gasteiger partial charge in [0, 0.05) is 24.8 Å². The van der Waals surface area contributed by atoms with Gasteiger partial charge in [-0.25, -0.2) is 4.39 Å². The topological polar surface area (TPSA) is 46.3 Å². The highest BCUT2D eigenvalue weighted by molar-refractivity contribution is 9.10. The summed E-state index contributed by atoms with van der Waals surface area (Å²) in [6, 6.07) is 11.6. The number of amides is 1. The molecule has 0 aliphatic heterocycles. The molecule has 0 saturated carbocycles. The average molecular weight is 337 g/mol. The number of nitrogen functional groups attached to an aromatic ring is 1. The lowest BCUT2D eigenvalue weighted by atomic mass is 10.1. The molecule has 0 aliphatic carbocycles. The Labute approximate surface area is 125 Å². The van der Waals surface area contributed by atoms with Crippen LogP contribution < -0.4 is 5.73 Å². The third kappa shape index (κ3) is 3.36. The highest BCUT2D eigenvalue weighted by atomic mass is 79.9. The van der Waals surface area contributed by atoms with Crippen molar-refractivity contribution < 1.29 is 9.18 Å². The maximum Gasteiger partial charge on any atom is 0.253 e. The maximum atomic E-state index is 13.2. The van der Waals surface area contributed by atoms with E-state index in [0.717, 1.165) is 5.56 Å². The molecule has 2 aromatic rings. The zero-order valence-corrected chi connectivity index (χ0v) is 12.5. The van der Waals surface area contributed by atoms with Gasteiger partial charge in [-0.3, -0.25) is 4.79 Å². The van der Waals surface area contributed by atoms with Gasteiger partial charge in [-0.05, 0) is 51.8 Å². The van der Waals surface area contributed by atoms with Crippen LogP contribution in [0.2, 0.25) is 0 Å². The van der Waals surface area contributed by atoms with Crippen molar-refractivity contribution in [3.63, 3.8) is 0 Å². The predicted octanol–water partition coefficient (Wildman–Crippen LogP) is 3.44. The van der Waals surface area contributed by atoms with Crippen LogP contribution in [0.25, 0.3) is 0 Å². The first-order chi connectivity index (χ1) is 9.47. The fourth-order valence-corrected chi connectivity index (χ4v) is 2.27. The van der Waals surface area contributed by atoms with Crippen LogP contribution in [0, 0.1) is 5.82 Å². The summed E-state index contributed by atoms with van der Waals surface area (Å²) in [7, 11) is 1.70. The minimum atomic E-state index is -0.389. The number of nitrogens with zero attached hydrogens (tertiary/aromatic N) is 1. The highest BCUT2D eigenvalue weighted by Gasteiger charge is 2.13. The van der Waals surface area contributed by atoms with Crippen molar-refractivity contribution in [1.82, 2.24) is 4.90 Å². The van der Waals surface area contributed by atoms with Gasteiger partial charge in [0.25, 0.3) is 5.91 Å². The quantitative estimate of drug-likeness (QED) is 0.872.